The monoisotopic (exact) mass is 196 g/mol. The lowest BCUT2D eigenvalue weighted by Gasteiger charge is -2.17. The lowest BCUT2D eigenvalue weighted by Crippen LogP contribution is -2.27. The highest BCUT2D eigenvalue weighted by Gasteiger charge is 1.99. The standard InChI is InChI=1S/C6H15NO4S/c1-3-7(4-2)5-6-11-12(8,9)10/h3-6H2,1-2H3,(H,8,9,10)/p-1. The Kier molecular flexibility index (Phi) is 5.39. The van der Waals surface area contributed by atoms with Gasteiger partial charge in [0.15, 0.2) is 0 Å². The van der Waals surface area contributed by atoms with Gasteiger partial charge in [0, 0.05) is 6.54 Å². The van der Waals surface area contributed by atoms with Gasteiger partial charge in [0.05, 0.1) is 6.61 Å². The molecule has 0 aromatic rings. The first-order chi connectivity index (χ1) is 5.49. The number of likely N-dealkylation sites (N-methyl/N-ethyl adjacent to an activating group) is 1. The van der Waals surface area contributed by atoms with E-state index in [1.165, 1.54) is 0 Å². The third-order valence-corrected chi connectivity index (χ3v) is 1.98. The summed E-state index contributed by atoms with van der Waals surface area (Å²) in [6.45, 7) is 5.95. The minimum atomic E-state index is -4.51. The molecule has 0 saturated carbocycles. The van der Waals surface area contributed by atoms with Crippen LogP contribution < -0.4 is 0 Å². The summed E-state index contributed by atoms with van der Waals surface area (Å²) >= 11 is 0. The molecule has 0 aliphatic carbocycles. The highest BCUT2D eigenvalue weighted by Crippen LogP contribution is 1.90. The first kappa shape index (κ1) is 11.8. The van der Waals surface area contributed by atoms with Gasteiger partial charge < -0.3 is 9.45 Å². The molecule has 0 heterocycles. The first-order valence-electron chi connectivity index (χ1n) is 3.82. The second-order valence-corrected chi connectivity index (χ2v) is 3.31. The molecule has 0 spiro atoms. The predicted molar refractivity (Wildman–Crippen MR) is 43.4 cm³/mol. The molecule has 0 radical (unpaired) electrons. The number of rotatable bonds is 6. The van der Waals surface area contributed by atoms with Crippen LogP contribution in [0, 0.1) is 0 Å². The fourth-order valence-electron chi connectivity index (χ4n) is 0.808. The van der Waals surface area contributed by atoms with E-state index < -0.39 is 10.4 Å². The second-order valence-electron chi connectivity index (χ2n) is 2.26. The fraction of sp³-hybridized carbons (Fsp3) is 1.00. The zero-order chi connectivity index (χ0) is 9.61. The number of nitrogens with zero attached hydrogens (tertiary/aromatic N) is 1. The van der Waals surface area contributed by atoms with Crippen molar-refractivity contribution in [1.29, 1.82) is 0 Å². The van der Waals surface area contributed by atoms with Crippen molar-refractivity contribution in [2.45, 2.75) is 13.8 Å². The molecular formula is C6H14NO4S-. The maximum Gasteiger partial charge on any atom is 0.217 e. The van der Waals surface area contributed by atoms with Gasteiger partial charge in [-0.3, -0.25) is 4.18 Å². The Balaban J connectivity index is 3.55. The number of hydrogen-bond donors (Lipinski definition) is 0. The number of hydrogen-bond acceptors (Lipinski definition) is 5. The Morgan fingerprint density at radius 2 is 1.83 bits per heavy atom. The molecule has 0 bridgehead atoms. The summed E-state index contributed by atoms with van der Waals surface area (Å²) in [5.41, 5.74) is 0. The summed E-state index contributed by atoms with van der Waals surface area (Å²) in [5, 5.41) is 0. The van der Waals surface area contributed by atoms with Crippen LogP contribution in [0.5, 0.6) is 0 Å². The van der Waals surface area contributed by atoms with Crippen molar-refractivity contribution in [3.8, 4) is 0 Å². The minimum Gasteiger partial charge on any atom is -0.726 e. The van der Waals surface area contributed by atoms with E-state index in [9.17, 15) is 13.0 Å². The van der Waals surface area contributed by atoms with Crippen LogP contribution in [0.2, 0.25) is 0 Å². The van der Waals surface area contributed by atoms with Gasteiger partial charge in [0.1, 0.15) is 0 Å². The summed E-state index contributed by atoms with van der Waals surface area (Å²) in [4.78, 5) is 1.96. The first-order valence-corrected chi connectivity index (χ1v) is 5.15. The largest absolute Gasteiger partial charge is 0.726 e. The van der Waals surface area contributed by atoms with Crippen LogP contribution in [0.25, 0.3) is 0 Å². The van der Waals surface area contributed by atoms with Gasteiger partial charge in [0.25, 0.3) is 0 Å². The van der Waals surface area contributed by atoms with E-state index in [4.69, 9.17) is 0 Å². The molecule has 0 rings (SSSR count). The lowest BCUT2D eigenvalue weighted by atomic mass is 10.5. The summed E-state index contributed by atoms with van der Waals surface area (Å²) in [6.07, 6.45) is 0. The third-order valence-electron chi connectivity index (χ3n) is 1.53. The smallest absolute Gasteiger partial charge is 0.217 e. The topological polar surface area (TPSA) is 69.7 Å². The highest BCUT2D eigenvalue weighted by molar-refractivity contribution is 7.80. The molecule has 0 fully saturated rings. The Hall–Kier alpha value is -0.170. The maximum absolute atomic E-state index is 9.99. The molecule has 0 aromatic heterocycles. The van der Waals surface area contributed by atoms with E-state index >= 15 is 0 Å². The van der Waals surface area contributed by atoms with Crippen molar-refractivity contribution >= 4 is 10.4 Å². The van der Waals surface area contributed by atoms with Crippen LogP contribution in [0.1, 0.15) is 13.8 Å². The summed E-state index contributed by atoms with van der Waals surface area (Å²) < 4.78 is 34.0. The van der Waals surface area contributed by atoms with Gasteiger partial charge in [-0.15, -0.1) is 0 Å². The summed E-state index contributed by atoms with van der Waals surface area (Å²) in [5.74, 6) is 0. The van der Waals surface area contributed by atoms with Crippen LogP contribution in [0.4, 0.5) is 0 Å². The molecule has 0 aromatic carbocycles. The molecule has 74 valence electrons. The lowest BCUT2D eigenvalue weighted by molar-refractivity contribution is 0.205. The quantitative estimate of drug-likeness (QED) is 0.435. The molecule has 5 nitrogen and oxygen atoms in total. The van der Waals surface area contributed by atoms with Crippen LogP contribution in [-0.4, -0.2) is 44.1 Å². The van der Waals surface area contributed by atoms with Gasteiger partial charge in [-0.1, -0.05) is 13.8 Å². The predicted octanol–water partition coefficient (Wildman–Crippen LogP) is -0.195. The zero-order valence-corrected chi connectivity index (χ0v) is 8.13. The minimum absolute atomic E-state index is 0.0620. The van der Waals surface area contributed by atoms with Crippen molar-refractivity contribution in [1.82, 2.24) is 4.90 Å². The molecule has 0 aliphatic rings. The maximum atomic E-state index is 9.99. The van der Waals surface area contributed by atoms with E-state index in [1.54, 1.807) is 0 Å². The summed E-state index contributed by atoms with van der Waals surface area (Å²) in [6, 6.07) is 0. The molecule has 6 heteroatoms. The molecule has 0 saturated heterocycles. The molecular weight excluding hydrogens is 182 g/mol. The average molecular weight is 196 g/mol. The fourth-order valence-corrected chi connectivity index (χ4v) is 1.09. The molecule has 0 unspecified atom stereocenters. The van der Waals surface area contributed by atoms with Crippen LogP contribution in [-0.2, 0) is 14.6 Å². The second kappa shape index (κ2) is 5.47. The van der Waals surface area contributed by atoms with Crippen molar-refractivity contribution in [3.05, 3.63) is 0 Å². The SMILES string of the molecule is CCN(CC)CCOS(=O)(=O)[O-]. The van der Waals surface area contributed by atoms with Gasteiger partial charge in [-0.05, 0) is 13.1 Å². The van der Waals surface area contributed by atoms with Crippen molar-refractivity contribution in [2.75, 3.05) is 26.2 Å². The van der Waals surface area contributed by atoms with Gasteiger partial charge in [-0.2, -0.15) is 0 Å². The van der Waals surface area contributed by atoms with E-state index in [-0.39, 0.29) is 6.61 Å². The van der Waals surface area contributed by atoms with Gasteiger partial charge >= 0.3 is 0 Å². The molecule has 0 N–H and O–H groups in total. The van der Waals surface area contributed by atoms with Crippen molar-refractivity contribution in [3.63, 3.8) is 0 Å². The van der Waals surface area contributed by atoms with Gasteiger partial charge in [0.2, 0.25) is 10.4 Å². The van der Waals surface area contributed by atoms with Crippen molar-refractivity contribution < 1.29 is 17.2 Å². The Morgan fingerprint density at radius 1 is 1.33 bits per heavy atom. The highest BCUT2D eigenvalue weighted by atomic mass is 32.3. The van der Waals surface area contributed by atoms with Crippen molar-refractivity contribution in [2.24, 2.45) is 0 Å². The van der Waals surface area contributed by atoms with E-state index in [2.05, 4.69) is 4.18 Å². The molecule has 12 heavy (non-hydrogen) atoms. The third kappa shape index (κ3) is 6.53. The molecule has 0 amide bonds. The van der Waals surface area contributed by atoms with Crippen LogP contribution >= 0.6 is 0 Å². The zero-order valence-electron chi connectivity index (χ0n) is 7.32. The molecule has 0 atom stereocenters. The Morgan fingerprint density at radius 3 is 2.17 bits per heavy atom. The summed E-state index contributed by atoms with van der Waals surface area (Å²) in [7, 11) is -4.51. The normalized spacial score (nSPS) is 12.3. The van der Waals surface area contributed by atoms with E-state index in [0.717, 1.165) is 13.1 Å². The van der Waals surface area contributed by atoms with E-state index in [0.29, 0.717) is 6.54 Å². The van der Waals surface area contributed by atoms with Crippen LogP contribution in [0.3, 0.4) is 0 Å². The van der Waals surface area contributed by atoms with Crippen LogP contribution in [0.15, 0.2) is 0 Å². The van der Waals surface area contributed by atoms with Gasteiger partial charge in [-0.25, -0.2) is 8.42 Å². The van der Waals surface area contributed by atoms with E-state index in [1.807, 2.05) is 18.7 Å². The Bertz CT molecular complexity index is 198. The average Bonchev–Trinajstić information content (AvgIpc) is 1.96. The Labute approximate surface area is 73.3 Å². The molecule has 0 aliphatic heterocycles.